The lowest BCUT2D eigenvalue weighted by Crippen LogP contribution is -2.54. The number of carbonyl (C=O) groups excluding carboxylic acids is 3. The Hall–Kier alpha value is -1.59. The molecule has 1 aliphatic carbocycles. The molecular formula is C17H29N3O3. The monoisotopic (exact) mass is 323 g/mol. The third-order valence-corrected chi connectivity index (χ3v) is 5.20. The number of nitrogens with zero attached hydrogens (tertiary/aromatic N) is 2. The van der Waals surface area contributed by atoms with Gasteiger partial charge in [-0.3, -0.25) is 14.5 Å². The summed E-state index contributed by atoms with van der Waals surface area (Å²) in [7, 11) is 0. The number of hydrogen-bond acceptors (Lipinski definition) is 3. The summed E-state index contributed by atoms with van der Waals surface area (Å²) in [4.78, 5) is 40.6. The predicted molar refractivity (Wildman–Crippen MR) is 87.7 cm³/mol. The van der Waals surface area contributed by atoms with Crippen molar-refractivity contribution in [3.63, 3.8) is 0 Å². The molecule has 2 fully saturated rings. The molecule has 1 N–H and O–H groups in total. The molecule has 2 aliphatic rings. The van der Waals surface area contributed by atoms with Gasteiger partial charge in [0.2, 0.25) is 5.91 Å². The van der Waals surface area contributed by atoms with Crippen molar-refractivity contribution in [2.24, 2.45) is 5.92 Å². The van der Waals surface area contributed by atoms with Crippen molar-refractivity contribution in [3.8, 4) is 0 Å². The van der Waals surface area contributed by atoms with Gasteiger partial charge in [0.15, 0.2) is 0 Å². The Balaban J connectivity index is 2.16. The Bertz CT molecular complexity index is 495. The normalized spacial score (nSPS) is 28.0. The van der Waals surface area contributed by atoms with Crippen molar-refractivity contribution in [1.82, 2.24) is 15.1 Å². The van der Waals surface area contributed by atoms with Gasteiger partial charge >= 0.3 is 6.03 Å². The second-order valence-electron chi connectivity index (χ2n) is 7.43. The molecule has 0 unspecified atom stereocenters. The molecule has 0 aromatic carbocycles. The van der Waals surface area contributed by atoms with Gasteiger partial charge in [0.05, 0.1) is 0 Å². The van der Waals surface area contributed by atoms with Gasteiger partial charge in [-0.25, -0.2) is 4.79 Å². The van der Waals surface area contributed by atoms with E-state index in [1.807, 2.05) is 34.6 Å². The van der Waals surface area contributed by atoms with E-state index >= 15 is 0 Å². The topological polar surface area (TPSA) is 69.7 Å². The molecular weight excluding hydrogens is 294 g/mol. The molecule has 6 nitrogen and oxygen atoms in total. The van der Waals surface area contributed by atoms with Gasteiger partial charge in [0, 0.05) is 12.1 Å². The Morgan fingerprint density at radius 2 is 1.87 bits per heavy atom. The van der Waals surface area contributed by atoms with Crippen LogP contribution < -0.4 is 5.32 Å². The Labute approximate surface area is 138 Å². The van der Waals surface area contributed by atoms with Crippen LogP contribution >= 0.6 is 0 Å². The number of carbonyl (C=O) groups is 3. The molecule has 2 rings (SSSR count). The largest absolute Gasteiger partial charge is 0.336 e. The van der Waals surface area contributed by atoms with Crippen LogP contribution in [0.5, 0.6) is 0 Å². The van der Waals surface area contributed by atoms with E-state index in [1.54, 1.807) is 4.90 Å². The number of imide groups is 1. The summed E-state index contributed by atoms with van der Waals surface area (Å²) in [6, 6.07) is -0.360. The van der Waals surface area contributed by atoms with E-state index in [0.717, 1.165) is 24.2 Å². The van der Waals surface area contributed by atoms with E-state index in [9.17, 15) is 14.4 Å². The highest BCUT2D eigenvalue weighted by Crippen LogP contribution is 2.38. The molecule has 0 aromatic rings. The smallest absolute Gasteiger partial charge is 0.325 e. The Morgan fingerprint density at radius 3 is 2.39 bits per heavy atom. The lowest BCUT2D eigenvalue weighted by molar-refractivity contribution is -0.142. The van der Waals surface area contributed by atoms with E-state index in [4.69, 9.17) is 0 Å². The summed E-state index contributed by atoms with van der Waals surface area (Å²) in [6.45, 7) is 9.60. The molecule has 0 aromatic heterocycles. The van der Waals surface area contributed by atoms with Crippen LogP contribution in [0.1, 0.15) is 60.3 Å². The fraction of sp³-hybridized carbons (Fsp3) is 0.824. The van der Waals surface area contributed by atoms with Crippen molar-refractivity contribution >= 4 is 17.8 Å². The first kappa shape index (κ1) is 17.8. The Kier molecular flexibility index (Phi) is 5.01. The summed E-state index contributed by atoms with van der Waals surface area (Å²) in [5.41, 5.74) is -0.796. The maximum Gasteiger partial charge on any atom is 0.325 e. The average molecular weight is 323 g/mol. The molecule has 1 saturated carbocycles. The minimum absolute atomic E-state index is 0.0332. The number of urea groups is 1. The van der Waals surface area contributed by atoms with Crippen LogP contribution in [0, 0.1) is 5.92 Å². The van der Waals surface area contributed by atoms with E-state index < -0.39 is 11.6 Å². The predicted octanol–water partition coefficient (Wildman–Crippen LogP) is 2.13. The van der Waals surface area contributed by atoms with E-state index in [0.29, 0.717) is 6.42 Å². The summed E-state index contributed by atoms with van der Waals surface area (Å²) >= 11 is 0. The lowest BCUT2D eigenvalue weighted by Gasteiger charge is -2.37. The van der Waals surface area contributed by atoms with Crippen molar-refractivity contribution in [2.75, 3.05) is 6.54 Å². The molecule has 1 spiro atoms. The Morgan fingerprint density at radius 1 is 1.26 bits per heavy atom. The van der Waals surface area contributed by atoms with Crippen molar-refractivity contribution < 1.29 is 14.4 Å². The van der Waals surface area contributed by atoms with Gasteiger partial charge in [-0.15, -0.1) is 0 Å². The minimum Gasteiger partial charge on any atom is -0.336 e. The van der Waals surface area contributed by atoms with Gasteiger partial charge in [0.1, 0.15) is 12.1 Å². The number of rotatable bonds is 4. The summed E-state index contributed by atoms with van der Waals surface area (Å²) in [5, 5.41) is 2.89. The molecule has 6 heteroatoms. The second kappa shape index (κ2) is 6.49. The van der Waals surface area contributed by atoms with Gasteiger partial charge in [-0.2, -0.15) is 0 Å². The van der Waals surface area contributed by atoms with Crippen molar-refractivity contribution in [3.05, 3.63) is 0 Å². The van der Waals surface area contributed by atoms with E-state index in [2.05, 4.69) is 5.32 Å². The first-order chi connectivity index (χ1) is 10.7. The molecule has 2 atom stereocenters. The molecule has 0 bridgehead atoms. The average Bonchev–Trinajstić information content (AvgIpc) is 2.67. The number of hydrogen-bond donors (Lipinski definition) is 1. The van der Waals surface area contributed by atoms with E-state index in [1.165, 1.54) is 0 Å². The van der Waals surface area contributed by atoms with E-state index in [-0.39, 0.29) is 36.4 Å². The van der Waals surface area contributed by atoms with Crippen LogP contribution in [0.15, 0.2) is 0 Å². The van der Waals surface area contributed by atoms with Crippen molar-refractivity contribution in [2.45, 2.75) is 77.9 Å². The SMILES string of the molecule is CC(C)N(C(=O)CN1C(=O)N[C@@]2(CCCC[C@H]2C)C1=O)C(C)C. The first-order valence-electron chi connectivity index (χ1n) is 8.66. The molecule has 1 saturated heterocycles. The van der Waals surface area contributed by atoms with Crippen LogP contribution in [0.4, 0.5) is 4.79 Å². The van der Waals surface area contributed by atoms with Gasteiger partial charge < -0.3 is 10.2 Å². The second-order valence-corrected chi connectivity index (χ2v) is 7.43. The highest BCUT2D eigenvalue weighted by Gasteiger charge is 2.55. The molecule has 1 heterocycles. The minimum atomic E-state index is -0.796. The zero-order valence-electron chi connectivity index (χ0n) is 14.9. The molecule has 0 radical (unpaired) electrons. The number of amides is 4. The fourth-order valence-electron chi connectivity index (χ4n) is 4.03. The zero-order valence-corrected chi connectivity index (χ0v) is 14.9. The molecule has 4 amide bonds. The summed E-state index contributed by atoms with van der Waals surface area (Å²) < 4.78 is 0. The summed E-state index contributed by atoms with van der Waals surface area (Å²) in [6.07, 6.45) is 3.61. The zero-order chi connectivity index (χ0) is 17.4. The van der Waals surface area contributed by atoms with Gasteiger partial charge in [-0.05, 0) is 46.5 Å². The standard InChI is InChI=1S/C17H29N3O3/c1-11(2)20(12(3)4)14(21)10-19-15(22)17(18-16(19)23)9-7-6-8-13(17)5/h11-13H,6-10H2,1-5H3,(H,18,23)/t13-,17-/m1/s1. The highest BCUT2D eigenvalue weighted by molar-refractivity contribution is 6.09. The maximum absolute atomic E-state index is 12.9. The maximum atomic E-state index is 12.9. The number of nitrogens with one attached hydrogen (secondary N) is 1. The van der Waals surface area contributed by atoms with Crippen LogP contribution in [0.25, 0.3) is 0 Å². The van der Waals surface area contributed by atoms with Crippen LogP contribution in [0.3, 0.4) is 0 Å². The fourth-order valence-corrected chi connectivity index (χ4v) is 4.03. The first-order valence-corrected chi connectivity index (χ1v) is 8.66. The molecule has 130 valence electrons. The highest BCUT2D eigenvalue weighted by atomic mass is 16.2. The van der Waals surface area contributed by atoms with Crippen molar-refractivity contribution in [1.29, 1.82) is 0 Å². The van der Waals surface area contributed by atoms with Crippen LogP contribution in [0.2, 0.25) is 0 Å². The third-order valence-electron chi connectivity index (χ3n) is 5.20. The van der Waals surface area contributed by atoms with Gasteiger partial charge in [-0.1, -0.05) is 19.8 Å². The van der Waals surface area contributed by atoms with Crippen LogP contribution in [-0.2, 0) is 9.59 Å². The van der Waals surface area contributed by atoms with Crippen LogP contribution in [-0.4, -0.2) is 51.8 Å². The quantitative estimate of drug-likeness (QED) is 0.806. The third kappa shape index (κ3) is 3.08. The van der Waals surface area contributed by atoms with Gasteiger partial charge in [0.25, 0.3) is 5.91 Å². The lowest BCUT2D eigenvalue weighted by atomic mass is 9.73. The molecule has 1 aliphatic heterocycles. The summed E-state index contributed by atoms with van der Waals surface area (Å²) in [5.74, 6) is -0.298. The molecule has 23 heavy (non-hydrogen) atoms.